The van der Waals surface area contributed by atoms with Crippen molar-refractivity contribution in [3.8, 4) is 0 Å². The van der Waals surface area contributed by atoms with Gasteiger partial charge in [0.2, 0.25) is 0 Å². The van der Waals surface area contributed by atoms with Crippen LogP contribution >= 0.6 is 0 Å². The monoisotopic (exact) mass is 262 g/mol. The van der Waals surface area contributed by atoms with Crippen LogP contribution in [0.5, 0.6) is 0 Å². The summed E-state index contributed by atoms with van der Waals surface area (Å²) >= 11 is 0. The van der Waals surface area contributed by atoms with E-state index in [0.29, 0.717) is 0 Å². The molecule has 2 atom stereocenters. The smallest absolute Gasteiger partial charge is 0.322 e. The topological polar surface area (TPSA) is 55.6 Å². The molecule has 2 unspecified atom stereocenters. The molecule has 0 aromatic heterocycles. The van der Waals surface area contributed by atoms with Crippen molar-refractivity contribution in [3.05, 3.63) is 35.4 Å². The first-order valence-corrected chi connectivity index (χ1v) is 6.71. The van der Waals surface area contributed by atoms with Crippen LogP contribution in [-0.2, 0) is 16.1 Å². The Bertz CT molecular complexity index is 448. The van der Waals surface area contributed by atoms with Gasteiger partial charge in [0.25, 0.3) is 0 Å². The lowest BCUT2D eigenvalue weighted by Gasteiger charge is -2.19. The molecule has 1 aliphatic rings. The van der Waals surface area contributed by atoms with E-state index in [1.165, 1.54) is 18.2 Å². The maximum Gasteiger partial charge on any atom is 0.322 e. The van der Waals surface area contributed by atoms with Crippen LogP contribution < -0.4 is 5.73 Å². The highest BCUT2D eigenvalue weighted by Gasteiger charge is 2.31. The molecule has 1 saturated heterocycles. The Morgan fingerprint density at radius 1 is 1.58 bits per heavy atom. The average molecular weight is 262 g/mol. The Morgan fingerprint density at radius 2 is 2.37 bits per heavy atom. The Hall–Kier alpha value is -1.39. The van der Waals surface area contributed by atoms with Crippen molar-refractivity contribution in [2.24, 2.45) is 11.7 Å². The van der Waals surface area contributed by atoms with Crippen LogP contribution in [0, 0.1) is 12.8 Å². The van der Waals surface area contributed by atoms with Gasteiger partial charge in [-0.1, -0.05) is 29.8 Å². The highest BCUT2D eigenvalue weighted by atomic mass is 16.5. The molecule has 1 fully saturated rings. The molecule has 4 nitrogen and oxygen atoms in total. The second-order valence-corrected chi connectivity index (χ2v) is 5.32. The van der Waals surface area contributed by atoms with Crippen molar-refractivity contribution in [3.63, 3.8) is 0 Å². The van der Waals surface area contributed by atoms with Gasteiger partial charge in [0.15, 0.2) is 0 Å². The van der Waals surface area contributed by atoms with Crippen LogP contribution in [0.2, 0.25) is 0 Å². The molecule has 1 aliphatic heterocycles. The van der Waals surface area contributed by atoms with E-state index >= 15 is 0 Å². The standard InChI is InChI=1S/C15H22N2O2/c1-11-4-3-5-12(8-11)9-17-7-6-13(10-17)14(16)15(18)19-2/h3-5,8,13-14H,6-7,9-10,16H2,1-2H3. The Kier molecular flexibility index (Phi) is 4.56. The fourth-order valence-corrected chi connectivity index (χ4v) is 2.70. The van der Waals surface area contributed by atoms with E-state index in [9.17, 15) is 4.79 Å². The highest BCUT2D eigenvalue weighted by molar-refractivity contribution is 5.75. The summed E-state index contributed by atoms with van der Waals surface area (Å²) in [6, 6.07) is 8.03. The molecule has 4 heteroatoms. The van der Waals surface area contributed by atoms with E-state index < -0.39 is 6.04 Å². The summed E-state index contributed by atoms with van der Waals surface area (Å²) in [5, 5.41) is 0. The van der Waals surface area contributed by atoms with Crippen molar-refractivity contribution < 1.29 is 9.53 Å². The Labute approximate surface area is 114 Å². The summed E-state index contributed by atoms with van der Waals surface area (Å²) in [6.45, 7) is 4.88. The molecule has 0 amide bonds. The zero-order valence-corrected chi connectivity index (χ0v) is 11.6. The SMILES string of the molecule is COC(=O)C(N)C1CCN(Cc2cccc(C)c2)C1. The van der Waals surface area contributed by atoms with E-state index in [-0.39, 0.29) is 11.9 Å². The van der Waals surface area contributed by atoms with Crippen molar-refractivity contribution in [1.29, 1.82) is 0 Å². The summed E-state index contributed by atoms with van der Waals surface area (Å²) in [6.07, 6.45) is 0.960. The number of benzene rings is 1. The van der Waals surface area contributed by atoms with Crippen molar-refractivity contribution in [2.75, 3.05) is 20.2 Å². The number of methoxy groups -OCH3 is 1. The van der Waals surface area contributed by atoms with E-state index in [0.717, 1.165) is 26.1 Å². The van der Waals surface area contributed by atoms with E-state index in [4.69, 9.17) is 10.5 Å². The minimum absolute atomic E-state index is 0.206. The number of carbonyl (C=O) groups is 1. The average Bonchev–Trinajstić information content (AvgIpc) is 2.85. The lowest BCUT2D eigenvalue weighted by atomic mass is 10.00. The molecule has 19 heavy (non-hydrogen) atoms. The highest BCUT2D eigenvalue weighted by Crippen LogP contribution is 2.21. The molecule has 0 bridgehead atoms. The fraction of sp³-hybridized carbons (Fsp3) is 0.533. The predicted octanol–water partition coefficient (Wildman–Crippen LogP) is 1.32. The molecule has 1 heterocycles. The van der Waals surface area contributed by atoms with Crippen LogP contribution in [0.1, 0.15) is 17.5 Å². The zero-order valence-electron chi connectivity index (χ0n) is 11.6. The summed E-state index contributed by atoms with van der Waals surface area (Å²) in [7, 11) is 1.39. The number of likely N-dealkylation sites (tertiary alicyclic amines) is 1. The van der Waals surface area contributed by atoms with Crippen LogP contribution in [0.3, 0.4) is 0 Å². The first kappa shape index (κ1) is 14.0. The van der Waals surface area contributed by atoms with Crippen molar-refractivity contribution in [1.82, 2.24) is 4.90 Å². The molecule has 104 valence electrons. The summed E-state index contributed by atoms with van der Waals surface area (Å²) in [5.41, 5.74) is 8.50. The van der Waals surface area contributed by atoms with Gasteiger partial charge in [-0.25, -0.2) is 0 Å². The number of carbonyl (C=O) groups excluding carboxylic acids is 1. The molecule has 1 aromatic carbocycles. The van der Waals surface area contributed by atoms with Crippen LogP contribution in [0.4, 0.5) is 0 Å². The minimum Gasteiger partial charge on any atom is -0.468 e. The molecule has 2 rings (SSSR count). The fourth-order valence-electron chi connectivity index (χ4n) is 2.70. The summed E-state index contributed by atoms with van der Waals surface area (Å²) in [5.74, 6) is -0.0975. The third-order valence-corrected chi connectivity index (χ3v) is 3.78. The molecule has 1 aromatic rings. The zero-order chi connectivity index (χ0) is 13.8. The van der Waals surface area contributed by atoms with Gasteiger partial charge in [-0.3, -0.25) is 9.69 Å². The van der Waals surface area contributed by atoms with Gasteiger partial charge in [-0.2, -0.15) is 0 Å². The third kappa shape index (κ3) is 3.55. The molecule has 2 N–H and O–H groups in total. The number of hydrogen-bond acceptors (Lipinski definition) is 4. The maximum absolute atomic E-state index is 11.4. The van der Waals surface area contributed by atoms with Gasteiger partial charge in [-0.05, 0) is 31.4 Å². The normalized spacial score (nSPS) is 21.3. The van der Waals surface area contributed by atoms with Crippen molar-refractivity contribution in [2.45, 2.75) is 25.9 Å². The number of nitrogens with two attached hydrogens (primary N) is 1. The first-order valence-electron chi connectivity index (χ1n) is 6.71. The van der Waals surface area contributed by atoms with Gasteiger partial charge >= 0.3 is 5.97 Å². The molecule has 0 radical (unpaired) electrons. The van der Waals surface area contributed by atoms with Crippen LogP contribution in [-0.4, -0.2) is 37.1 Å². The molecule has 0 spiro atoms. The van der Waals surface area contributed by atoms with Gasteiger partial charge in [0.1, 0.15) is 6.04 Å². The van der Waals surface area contributed by atoms with Gasteiger partial charge in [0, 0.05) is 13.1 Å². The second-order valence-electron chi connectivity index (χ2n) is 5.32. The molecule has 0 saturated carbocycles. The van der Waals surface area contributed by atoms with Crippen LogP contribution in [0.15, 0.2) is 24.3 Å². The Balaban J connectivity index is 1.90. The minimum atomic E-state index is -0.493. The van der Waals surface area contributed by atoms with E-state index in [1.54, 1.807) is 0 Å². The largest absolute Gasteiger partial charge is 0.468 e. The van der Waals surface area contributed by atoms with Gasteiger partial charge < -0.3 is 10.5 Å². The third-order valence-electron chi connectivity index (χ3n) is 3.78. The number of rotatable bonds is 4. The molecule has 0 aliphatic carbocycles. The Morgan fingerprint density at radius 3 is 3.05 bits per heavy atom. The van der Waals surface area contributed by atoms with Crippen molar-refractivity contribution >= 4 is 5.97 Å². The quantitative estimate of drug-likeness (QED) is 0.831. The lowest BCUT2D eigenvalue weighted by Crippen LogP contribution is -2.40. The number of hydrogen-bond donors (Lipinski definition) is 1. The van der Waals surface area contributed by atoms with Gasteiger partial charge in [0.05, 0.1) is 7.11 Å². The summed E-state index contributed by atoms with van der Waals surface area (Å²) in [4.78, 5) is 13.8. The van der Waals surface area contributed by atoms with Gasteiger partial charge in [-0.15, -0.1) is 0 Å². The molecular weight excluding hydrogens is 240 g/mol. The maximum atomic E-state index is 11.4. The number of nitrogens with zero attached hydrogens (tertiary/aromatic N) is 1. The number of ether oxygens (including phenoxy) is 1. The van der Waals surface area contributed by atoms with E-state index in [1.807, 2.05) is 0 Å². The number of aryl methyl sites for hydroxylation is 1. The first-order chi connectivity index (χ1) is 9.10. The summed E-state index contributed by atoms with van der Waals surface area (Å²) < 4.78 is 4.71. The lowest BCUT2D eigenvalue weighted by molar-refractivity contribution is -0.143. The van der Waals surface area contributed by atoms with E-state index in [2.05, 4.69) is 36.1 Å². The predicted molar refractivity (Wildman–Crippen MR) is 74.6 cm³/mol. The second kappa shape index (κ2) is 6.17. The molecular formula is C15H22N2O2. The van der Waals surface area contributed by atoms with Crippen LogP contribution in [0.25, 0.3) is 0 Å². The number of esters is 1.